The molecule has 30 heavy (non-hydrogen) atoms. The molecule has 1 aromatic carbocycles. The number of benzene rings is 1. The van der Waals surface area contributed by atoms with Crippen LogP contribution in [-0.4, -0.2) is 34.8 Å². The van der Waals surface area contributed by atoms with Crippen LogP contribution < -0.4 is 4.72 Å². The number of hydrogen-bond acceptors (Lipinski definition) is 5. The molecule has 3 aromatic rings. The molecule has 0 radical (unpaired) electrons. The molecule has 1 amide bonds. The summed E-state index contributed by atoms with van der Waals surface area (Å²) in [5.74, 6) is -0.726. The molecule has 158 valence electrons. The number of pyridine rings is 1. The summed E-state index contributed by atoms with van der Waals surface area (Å²) in [6.45, 7) is 3.84. The summed E-state index contributed by atoms with van der Waals surface area (Å²) in [5, 5.41) is 5.48. The summed E-state index contributed by atoms with van der Waals surface area (Å²) < 4.78 is 27.9. The Morgan fingerprint density at radius 2 is 1.97 bits per heavy atom. The van der Waals surface area contributed by atoms with Crippen LogP contribution in [0, 0.1) is 6.92 Å². The van der Waals surface area contributed by atoms with Crippen LogP contribution in [-0.2, 0) is 21.9 Å². The number of carbonyl (C=O) groups excluding carboxylic acids is 1. The molecule has 0 saturated heterocycles. The number of amides is 1. The van der Waals surface area contributed by atoms with Crippen molar-refractivity contribution < 1.29 is 13.2 Å². The molecule has 0 bridgehead atoms. The number of fused-ring (bicyclic) bond motifs is 1. The number of hydrogen-bond donors (Lipinski definition) is 1. The van der Waals surface area contributed by atoms with Gasteiger partial charge in [-0.1, -0.05) is 44.0 Å². The van der Waals surface area contributed by atoms with E-state index in [1.54, 1.807) is 17.0 Å². The molecule has 0 aliphatic heterocycles. The molecule has 1 N–H and O–H groups in total. The number of rotatable bonds is 8. The zero-order chi connectivity index (χ0) is 21.7. The third kappa shape index (κ3) is 4.94. The van der Waals surface area contributed by atoms with Crippen molar-refractivity contribution >= 4 is 32.9 Å². The molecule has 2 heterocycles. The fraction of sp³-hybridized carbons (Fsp3) is 0.318. The van der Waals surface area contributed by atoms with Gasteiger partial charge in [0.1, 0.15) is 0 Å². The third-order valence-corrected chi connectivity index (χ3v) is 6.17. The monoisotopic (exact) mass is 426 g/mol. The standard InChI is InChI=1S/C22H26N4O3S/c1-4-5-6-15-30(28,29)25-20(27)13-12-18-16(2)24-26(3)22(18)19-11-7-9-17-10-8-14-23-21(17)19/h7-14H,4-6,15H2,1-3H3,(H,25,27). The van der Waals surface area contributed by atoms with Crippen LogP contribution in [0.3, 0.4) is 0 Å². The minimum Gasteiger partial charge on any atom is -0.269 e. The quantitative estimate of drug-likeness (QED) is 0.439. The van der Waals surface area contributed by atoms with Gasteiger partial charge in [0.15, 0.2) is 0 Å². The zero-order valence-corrected chi connectivity index (χ0v) is 18.2. The highest BCUT2D eigenvalue weighted by atomic mass is 32.2. The van der Waals surface area contributed by atoms with Crippen LogP contribution in [0.1, 0.15) is 37.4 Å². The maximum atomic E-state index is 12.2. The van der Waals surface area contributed by atoms with Gasteiger partial charge in [-0.2, -0.15) is 5.10 Å². The molecular weight excluding hydrogens is 400 g/mol. The zero-order valence-electron chi connectivity index (χ0n) is 17.4. The summed E-state index contributed by atoms with van der Waals surface area (Å²) in [5.41, 5.74) is 4.01. The molecule has 0 fully saturated rings. The van der Waals surface area contributed by atoms with Crippen molar-refractivity contribution in [2.24, 2.45) is 7.05 Å². The van der Waals surface area contributed by atoms with E-state index in [0.717, 1.165) is 46.3 Å². The van der Waals surface area contributed by atoms with E-state index >= 15 is 0 Å². The first-order valence-corrected chi connectivity index (χ1v) is 11.6. The SMILES string of the molecule is CCCCCS(=O)(=O)NC(=O)C=Cc1c(C)nn(C)c1-c1cccc2cccnc12. The van der Waals surface area contributed by atoms with Gasteiger partial charge in [0, 0.05) is 35.8 Å². The number of nitrogens with zero attached hydrogens (tertiary/aromatic N) is 3. The Hall–Kier alpha value is -3.00. The average molecular weight is 427 g/mol. The van der Waals surface area contributed by atoms with E-state index in [-0.39, 0.29) is 5.75 Å². The van der Waals surface area contributed by atoms with Gasteiger partial charge in [-0.05, 0) is 25.5 Å². The Morgan fingerprint density at radius 3 is 2.73 bits per heavy atom. The molecule has 0 atom stereocenters. The molecule has 0 saturated carbocycles. The van der Waals surface area contributed by atoms with Gasteiger partial charge in [-0.3, -0.25) is 14.5 Å². The topological polar surface area (TPSA) is 94.0 Å². The van der Waals surface area contributed by atoms with Gasteiger partial charge in [0.2, 0.25) is 10.0 Å². The second-order valence-electron chi connectivity index (χ2n) is 7.18. The fourth-order valence-electron chi connectivity index (χ4n) is 3.43. The van der Waals surface area contributed by atoms with Crippen LogP contribution in [0.15, 0.2) is 42.6 Å². The van der Waals surface area contributed by atoms with Crippen LogP contribution in [0.5, 0.6) is 0 Å². The second kappa shape index (κ2) is 9.21. The number of aryl methyl sites for hydroxylation is 2. The first-order chi connectivity index (χ1) is 14.3. The molecule has 0 aliphatic rings. The van der Waals surface area contributed by atoms with Crippen molar-refractivity contribution in [3.8, 4) is 11.3 Å². The van der Waals surface area contributed by atoms with Crippen molar-refractivity contribution in [2.75, 3.05) is 5.75 Å². The number of carbonyl (C=O) groups is 1. The normalized spacial score (nSPS) is 12.0. The maximum absolute atomic E-state index is 12.2. The molecule has 8 heteroatoms. The minimum absolute atomic E-state index is 0.0563. The number of para-hydroxylation sites is 1. The van der Waals surface area contributed by atoms with Crippen LogP contribution in [0.25, 0.3) is 28.2 Å². The van der Waals surface area contributed by atoms with E-state index in [0.29, 0.717) is 6.42 Å². The maximum Gasteiger partial charge on any atom is 0.257 e. The number of nitrogens with one attached hydrogen (secondary N) is 1. The highest BCUT2D eigenvalue weighted by Gasteiger charge is 2.17. The van der Waals surface area contributed by atoms with E-state index < -0.39 is 15.9 Å². The Kier molecular flexibility index (Phi) is 6.66. The number of sulfonamides is 1. The predicted molar refractivity (Wildman–Crippen MR) is 119 cm³/mol. The van der Waals surface area contributed by atoms with Crippen LogP contribution in [0.4, 0.5) is 0 Å². The summed E-state index contributed by atoms with van der Waals surface area (Å²) in [6, 6.07) is 9.77. The van der Waals surface area contributed by atoms with E-state index in [2.05, 4.69) is 14.8 Å². The van der Waals surface area contributed by atoms with Gasteiger partial charge in [-0.15, -0.1) is 0 Å². The van der Waals surface area contributed by atoms with Crippen molar-refractivity contribution in [3.63, 3.8) is 0 Å². The lowest BCUT2D eigenvalue weighted by molar-refractivity contribution is -0.114. The van der Waals surface area contributed by atoms with Crippen molar-refractivity contribution in [2.45, 2.75) is 33.1 Å². The fourth-order valence-corrected chi connectivity index (χ4v) is 4.49. The highest BCUT2D eigenvalue weighted by Crippen LogP contribution is 2.31. The molecule has 2 aromatic heterocycles. The van der Waals surface area contributed by atoms with Gasteiger partial charge in [0.25, 0.3) is 5.91 Å². The van der Waals surface area contributed by atoms with E-state index in [9.17, 15) is 13.2 Å². The average Bonchev–Trinajstić information content (AvgIpc) is 2.98. The molecular formula is C22H26N4O3S. The summed E-state index contributed by atoms with van der Waals surface area (Å²) in [4.78, 5) is 16.7. The summed E-state index contributed by atoms with van der Waals surface area (Å²) >= 11 is 0. The minimum atomic E-state index is -3.64. The van der Waals surface area contributed by atoms with Crippen LogP contribution >= 0.6 is 0 Å². The van der Waals surface area contributed by atoms with Crippen molar-refractivity contribution in [1.29, 1.82) is 0 Å². The number of aromatic nitrogens is 3. The Labute approximate surface area is 176 Å². The molecule has 0 spiro atoms. The second-order valence-corrected chi connectivity index (χ2v) is 9.02. The lowest BCUT2D eigenvalue weighted by atomic mass is 10.0. The number of unbranched alkanes of at least 4 members (excludes halogenated alkanes) is 2. The van der Waals surface area contributed by atoms with E-state index in [1.165, 1.54) is 6.08 Å². The van der Waals surface area contributed by atoms with Crippen molar-refractivity contribution in [1.82, 2.24) is 19.5 Å². The Balaban J connectivity index is 1.90. The largest absolute Gasteiger partial charge is 0.269 e. The summed E-state index contributed by atoms with van der Waals surface area (Å²) in [6.07, 6.45) is 6.83. The first-order valence-electron chi connectivity index (χ1n) is 9.92. The lowest BCUT2D eigenvalue weighted by Crippen LogP contribution is -2.31. The smallest absolute Gasteiger partial charge is 0.257 e. The van der Waals surface area contributed by atoms with Gasteiger partial charge < -0.3 is 0 Å². The molecule has 0 aliphatic carbocycles. The first kappa shape index (κ1) is 21.7. The molecule has 3 rings (SSSR count). The van der Waals surface area contributed by atoms with E-state index in [1.807, 2.05) is 51.2 Å². The van der Waals surface area contributed by atoms with Crippen molar-refractivity contribution in [3.05, 3.63) is 53.9 Å². The van der Waals surface area contributed by atoms with Gasteiger partial charge in [0.05, 0.1) is 22.7 Å². The van der Waals surface area contributed by atoms with Gasteiger partial charge in [-0.25, -0.2) is 13.1 Å². The molecule has 0 unspecified atom stereocenters. The molecule has 7 nitrogen and oxygen atoms in total. The lowest BCUT2D eigenvalue weighted by Gasteiger charge is -2.08. The third-order valence-electron chi connectivity index (χ3n) is 4.83. The Bertz CT molecular complexity index is 1190. The van der Waals surface area contributed by atoms with E-state index in [4.69, 9.17) is 0 Å². The summed E-state index contributed by atoms with van der Waals surface area (Å²) in [7, 11) is -1.80. The van der Waals surface area contributed by atoms with Crippen LogP contribution in [0.2, 0.25) is 0 Å². The highest BCUT2D eigenvalue weighted by molar-refractivity contribution is 7.90. The Morgan fingerprint density at radius 1 is 1.20 bits per heavy atom. The van der Waals surface area contributed by atoms with Gasteiger partial charge >= 0.3 is 0 Å². The predicted octanol–water partition coefficient (Wildman–Crippen LogP) is 3.59.